The van der Waals surface area contributed by atoms with Crippen molar-refractivity contribution in [2.24, 2.45) is 23.2 Å². The molecule has 0 aliphatic carbocycles. The molecule has 0 saturated carbocycles. The molecule has 1 heterocycles. The molecule has 21 heavy (non-hydrogen) atoms. The van der Waals surface area contributed by atoms with Crippen LogP contribution < -0.4 is 10.6 Å². The summed E-state index contributed by atoms with van der Waals surface area (Å²) in [6, 6.07) is 0. The molecule has 1 rings (SSSR count). The molecule has 1 aliphatic heterocycles. The van der Waals surface area contributed by atoms with Gasteiger partial charge in [-0.05, 0) is 37.1 Å². The largest absolute Gasteiger partial charge is 0.481 e. The molecule has 122 valence electrons. The summed E-state index contributed by atoms with van der Waals surface area (Å²) < 4.78 is 0. The molecule has 2 atom stereocenters. The first-order valence-corrected chi connectivity index (χ1v) is 7.98. The maximum atomic E-state index is 12.6. The van der Waals surface area contributed by atoms with E-state index in [1.54, 1.807) is 0 Å². The van der Waals surface area contributed by atoms with Crippen LogP contribution in [0.4, 0.5) is 0 Å². The van der Waals surface area contributed by atoms with Gasteiger partial charge in [-0.25, -0.2) is 0 Å². The van der Waals surface area contributed by atoms with E-state index in [2.05, 4.69) is 38.3 Å². The second-order valence-corrected chi connectivity index (χ2v) is 7.04. The SMILES string of the molecule is CC(C)C[C@H](CNC(=O)C1(C(C)C)CCNC1)CC(=O)O. The lowest BCUT2D eigenvalue weighted by atomic mass is 9.75. The highest BCUT2D eigenvalue weighted by atomic mass is 16.4. The van der Waals surface area contributed by atoms with Crippen molar-refractivity contribution < 1.29 is 14.7 Å². The van der Waals surface area contributed by atoms with Crippen LogP contribution in [0.15, 0.2) is 0 Å². The van der Waals surface area contributed by atoms with Gasteiger partial charge in [0.1, 0.15) is 0 Å². The third kappa shape index (κ3) is 4.99. The molecule has 0 aromatic carbocycles. The molecule has 3 N–H and O–H groups in total. The molecular formula is C16H30N2O3. The summed E-state index contributed by atoms with van der Waals surface area (Å²) in [5.74, 6) is -0.0170. The summed E-state index contributed by atoms with van der Waals surface area (Å²) >= 11 is 0. The molecule has 1 aliphatic rings. The summed E-state index contributed by atoms with van der Waals surface area (Å²) in [7, 11) is 0. The molecule has 1 fully saturated rings. The van der Waals surface area contributed by atoms with E-state index in [1.165, 1.54) is 0 Å². The average Bonchev–Trinajstić information content (AvgIpc) is 2.84. The Morgan fingerprint density at radius 3 is 2.38 bits per heavy atom. The van der Waals surface area contributed by atoms with Crippen LogP contribution in [0, 0.1) is 23.2 Å². The molecule has 5 nitrogen and oxygen atoms in total. The molecule has 1 saturated heterocycles. The molecule has 0 bridgehead atoms. The lowest BCUT2D eigenvalue weighted by Gasteiger charge is -2.32. The van der Waals surface area contributed by atoms with Crippen molar-refractivity contribution in [3.8, 4) is 0 Å². The molecule has 1 unspecified atom stereocenters. The standard InChI is InChI=1S/C16H30N2O3/c1-11(2)7-13(8-14(19)20)9-18-15(21)16(12(3)4)5-6-17-10-16/h11-13,17H,5-10H2,1-4H3,(H,18,21)(H,19,20)/t13-,16?/m0/s1. The highest BCUT2D eigenvalue weighted by Gasteiger charge is 2.43. The fourth-order valence-corrected chi connectivity index (χ4v) is 3.23. The predicted molar refractivity (Wildman–Crippen MR) is 83.0 cm³/mol. The van der Waals surface area contributed by atoms with Crippen LogP contribution in [-0.4, -0.2) is 36.6 Å². The van der Waals surface area contributed by atoms with Gasteiger partial charge >= 0.3 is 5.97 Å². The first-order valence-electron chi connectivity index (χ1n) is 7.98. The van der Waals surface area contributed by atoms with E-state index < -0.39 is 5.97 Å². The Morgan fingerprint density at radius 2 is 1.95 bits per heavy atom. The van der Waals surface area contributed by atoms with Gasteiger partial charge in [0.05, 0.1) is 5.41 Å². The van der Waals surface area contributed by atoms with Crippen molar-refractivity contribution >= 4 is 11.9 Å². The number of nitrogens with one attached hydrogen (secondary N) is 2. The highest BCUT2D eigenvalue weighted by molar-refractivity contribution is 5.83. The van der Waals surface area contributed by atoms with Crippen LogP contribution in [0.2, 0.25) is 0 Å². The smallest absolute Gasteiger partial charge is 0.303 e. The molecular weight excluding hydrogens is 268 g/mol. The zero-order chi connectivity index (χ0) is 16.0. The van der Waals surface area contributed by atoms with Crippen LogP contribution >= 0.6 is 0 Å². The summed E-state index contributed by atoms with van der Waals surface area (Å²) in [6.45, 7) is 10.4. The second-order valence-electron chi connectivity index (χ2n) is 7.04. The minimum Gasteiger partial charge on any atom is -0.481 e. The number of rotatable bonds is 8. The Kier molecular flexibility index (Phi) is 6.65. The van der Waals surface area contributed by atoms with Gasteiger partial charge in [0, 0.05) is 19.5 Å². The topological polar surface area (TPSA) is 78.4 Å². The quantitative estimate of drug-likeness (QED) is 0.639. The van der Waals surface area contributed by atoms with Gasteiger partial charge in [0.2, 0.25) is 5.91 Å². The summed E-state index contributed by atoms with van der Waals surface area (Å²) in [4.78, 5) is 23.5. The summed E-state index contributed by atoms with van der Waals surface area (Å²) in [5.41, 5.74) is -0.342. The fourth-order valence-electron chi connectivity index (χ4n) is 3.23. The Balaban J connectivity index is 2.61. The normalized spacial score (nSPS) is 23.5. The van der Waals surface area contributed by atoms with Crippen LogP contribution in [0.3, 0.4) is 0 Å². The Labute approximate surface area is 127 Å². The zero-order valence-electron chi connectivity index (χ0n) is 13.7. The summed E-state index contributed by atoms with van der Waals surface area (Å²) in [5, 5.41) is 15.3. The summed E-state index contributed by atoms with van der Waals surface area (Å²) in [6.07, 6.45) is 1.79. The van der Waals surface area contributed by atoms with Crippen molar-refractivity contribution in [2.75, 3.05) is 19.6 Å². The maximum absolute atomic E-state index is 12.6. The van der Waals surface area contributed by atoms with Crippen molar-refractivity contribution in [1.29, 1.82) is 0 Å². The average molecular weight is 298 g/mol. The van der Waals surface area contributed by atoms with E-state index in [4.69, 9.17) is 5.11 Å². The lowest BCUT2D eigenvalue weighted by molar-refractivity contribution is -0.139. The maximum Gasteiger partial charge on any atom is 0.303 e. The van der Waals surface area contributed by atoms with Crippen molar-refractivity contribution in [2.45, 2.75) is 47.0 Å². The van der Waals surface area contributed by atoms with E-state index >= 15 is 0 Å². The van der Waals surface area contributed by atoms with Crippen LogP contribution in [0.5, 0.6) is 0 Å². The van der Waals surface area contributed by atoms with Gasteiger partial charge in [0.25, 0.3) is 0 Å². The molecule has 0 aromatic rings. The Bertz CT molecular complexity index is 361. The number of carboxylic acid groups (broad SMARTS) is 1. The van der Waals surface area contributed by atoms with E-state index in [9.17, 15) is 9.59 Å². The van der Waals surface area contributed by atoms with E-state index in [-0.39, 0.29) is 29.6 Å². The lowest BCUT2D eigenvalue weighted by Crippen LogP contribution is -2.47. The van der Waals surface area contributed by atoms with Gasteiger partial charge < -0.3 is 15.7 Å². The molecule has 0 aromatic heterocycles. The number of hydrogen-bond acceptors (Lipinski definition) is 3. The highest BCUT2D eigenvalue weighted by Crippen LogP contribution is 2.34. The number of aliphatic carboxylic acids is 1. The van der Waals surface area contributed by atoms with Gasteiger partial charge in [-0.2, -0.15) is 0 Å². The molecule has 1 amide bonds. The Hall–Kier alpha value is -1.10. The first-order chi connectivity index (χ1) is 9.78. The first kappa shape index (κ1) is 18.0. The van der Waals surface area contributed by atoms with Gasteiger partial charge in [-0.15, -0.1) is 0 Å². The molecule has 5 heteroatoms. The van der Waals surface area contributed by atoms with Crippen LogP contribution in [0.25, 0.3) is 0 Å². The second kappa shape index (κ2) is 7.78. The van der Waals surface area contributed by atoms with Gasteiger partial charge in [-0.3, -0.25) is 9.59 Å². The predicted octanol–water partition coefficient (Wildman–Crippen LogP) is 1.88. The van der Waals surface area contributed by atoms with Gasteiger partial charge in [-0.1, -0.05) is 27.7 Å². The van der Waals surface area contributed by atoms with E-state index in [0.29, 0.717) is 19.0 Å². The monoisotopic (exact) mass is 298 g/mol. The van der Waals surface area contributed by atoms with E-state index in [1.807, 2.05) is 0 Å². The third-order valence-electron chi connectivity index (χ3n) is 4.57. The van der Waals surface area contributed by atoms with Crippen molar-refractivity contribution in [3.05, 3.63) is 0 Å². The van der Waals surface area contributed by atoms with Crippen LogP contribution in [0.1, 0.15) is 47.0 Å². The van der Waals surface area contributed by atoms with Crippen molar-refractivity contribution in [1.82, 2.24) is 10.6 Å². The number of carbonyl (C=O) groups excluding carboxylic acids is 1. The number of hydrogen-bond donors (Lipinski definition) is 3. The number of carbonyl (C=O) groups is 2. The minimum atomic E-state index is -0.795. The third-order valence-corrected chi connectivity index (χ3v) is 4.57. The number of amides is 1. The Morgan fingerprint density at radius 1 is 1.29 bits per heavy atom. The molecule has 0 spiro atoms. The minimum absolute atomic E-state index is 0.00465. The zero-order valence-corrected chi connectivity index (χ0v) is 13.7. The van der Waals surface area contributed by atoms with Crippen LogP contribution in [-0.2, 0) is 9.59 Å². The fraction of sp³-hybridized carbons (Fsp3) is 0.875. The molecule has 0 radical (unpaired) electrons. The van der Waals surface area contributed by atoms with E-state index in [0.717, 1.165) is 19.4 Å². The van der Waals surface area contributed by atoms with Gasteiger partial charge in [0.15, 0.2) is 0 Å². The number of carboxylic acids is 1. The van der Waals surface area contributed by atoms with Crippen molar-refractivity contribution in [3.63, 3.8) is 0 Å².